The Morgan fingerprint density at radius 3 is 2.71 bits per heavy atom. The Morgan fingerprint density at radius 2 is 2.00 bits per heavy atom. The van der Waals surface area contributed by atoms with Gasteiger partial charge in [0.05, 0.1) is 7.11 Å². The van der Waals surface area contributed by atoms with Crippen LogP contribution in [0.3, 0.4) is 0 Å². The van der Waals surface area contributed by atoms with Gasteiger partial charge in [-0.05, 0) is 55.4 Å². The van der Waals surface area contributed by atoms with Crippen molar-refractivity contribution in [2.24, 2.45) is 0 Å². The van der Waals surface area contributed by atoms with Gasteiger partial charge >= 0.3 is 5.97 Å². The third kappa shape index (κ3) is 2.12. The Morgan fingerprint density at radius 1 is 1.24 bits per heavy atom. The molecule has 0 radical (unpaired) electrons. The minimum atomic E-state index is -0.183. The Kier molecular flexibility index (Phi) is 3.32. The van der Waals surface area contributed by atoms with Crippen molar-refractivity contribution in [1.29, 1.82) is 0 Å². The van der Waals surface area contributed by atoms with Crippen molar-refractivity contribution >= 4 is 11.5 Å². The first-order valence-electron chi connectivity index (χ1n) is 6.02. The lowest BCUT2D eigenvalue weighted by molar-refractivity contribution is -0.136. The van der Waals surface area contributed by atoms with Crippen molar-refractivity contribution in [3.8, 4) is 0 Å². The zero-order valence-electron chi connectivity index (χ0n) is 10.7. The average Bonchev–Trinajstić information content (AvgIpc) is 2.50. The highest BCUT2D eigenvalue weighted by atomic mass is 16.5. The second kappa shape index (κ2) is 4.74. The topological polar surface area (TPSA) is 26.3 Å². The maximum atomic E-state index is 11.7. The number of rotatable bonds is 1. The number of methoxy groups -OCH3 is 1. The molecule has 0 aliphatic heterocycles. The van der Waals surface area contributed by atoms with E-state index in [0.29, 0.717) is 0 Å². The van der Waals surface area contributed by atoms with E-state index in [1.807, 2.05) is 6.92 Å². The summed E-state index contributed by atoms with van der Waals surface area (Å²) in [4.78, 5) is 11.7. The Bertz CT molecular complexity index is 484. The number of ether oxygens (including phenoxy) is 1. The molecule has 2 nitrogen and oxygen atoms in total. The first-order valence-corrected chi connectivity index (χ1v) is 6.02. The monoisotopic (exact) mass is 230 g/mol. The number of benzene rings is 1. The summed E-state index contributed by atoms with van der Waals surface area (Å²) < 4.78 is 4.86. The molecule has 0 saturated heterocycles. The van der Waals surface area contributed by atoms with Gasteiger partial charge in [-0.2, -0.15) is 0 Å². The van der Waals surface area contributed by atoms with Crippen LogP contribution < -0.4 is 0 Å². The highest BCUT2D eigenvalue weighted by Gasteiger charge is 2.20. The molecule has 0 saturated carbocycles. The van der Waals surface area contributed by atoms with E-state index in [-0.39, 0.29) is 5.97 Å². The van der Waals surface area contributed by atoms with Gasteiger partial charge < -0.3 is 4.74 Å². The quantitative estimate of drug-likeness (QED) is 0.692. The van der Waals surface area contributed by atoms with Gasteiger partial charge in [-0.1, -0.05) is 18.2 Å². The Balaban J connectivity index is 2.57. The fourth-order valence-corrected chi connectivity index (χ4v) is 2.56. The average molecular weight is 230 g/mol. The highest BCUT2D eigenvalue weighted by molar-refractivity contribution is 5.97. The lowest BCUT2D eigenvalue weighted by atomic mass is 9.95. The second-order valence-electron chi connectivity index (χ2n) is 4.55. The van der Waals surface area contributed by atoms with Crippen LogP contribution in [0.2, 0.25) is 0 Å². The van der Waals surface area contributed by atoms with Crippen LogP contribution in [-0.2, 0) is 16.0 Å². The number of hydrogen-bond acceptors (Lipinski definition) is 2. The van der Waals surface area contributed by atoms with Gasteiger partial charge in [0, 0.05) is 5.57 Å². The maximum Gasteiger partial charge on any atom is 0.334 e. The first-order chi connectivity index (χ1) is 8.15. The molecular formula is C15H18O2. The summed E-state index contributed by atoms with van der Waals surface area (Å²) in [7, 11) is 1.45. The summed E-state index contributed by atoms with van der Waals surface area (Å²) in [5.41, 5.74) is 5.81. The van der Waals surface area contributed by atoms with Crippen molar-refractivity contribution in [3.63, 3.8) is 0 Å². The molecule has 1 aliphatic carbocycles. The molecule has 0 N–H and O–H groups in total. The summed E-state index contributed by atoms with van der Waals surface area (Å²) in [6.45, 7) is 4.16. The molecule has 1 aromatic carbocycles. The van der Waals surface area contributed by atoms with Crippen LogP contribution in [0.4, 0.5) is 0 Å². The summed E-state index contributed by atoms with van der Waals surface area (Å²) in [5.74, 6) is -0.183. The molecular weight excluding hydrogens is 212 g/mol. The summed E-state index contributed by atoms with van der Waals surface area (Å²) in [6, 6.07) is 6.29. The fourth-order valence-electron chi connectivity index (χ4n) is 2.56. The molecule has 0 unspecified atom stereocenters. The molecule has 2 rings (SSSR count). The lowest BCUT2D eigenvalue weighted by Crippen LogP contribution is -2.06. The van der Waals surface area contributed by atoms with Crippen LogP contribution in [0.25, 0.3) is 5.57 Å². The SMILES string of the molecule is COC(=O)C1=C(C)c2cccc(C)c2CCC1. The highest BCUT2D eigenvalue weighted by Crippen LogP contribution is 2.31. The van der Waals surface area contributed by atoms with Gasteiger partial charge in [0.15, 0.2) is 0 Å². The number of carbonyl (C=O) groups is 1. The van der Waals surface area contributed by atoms with Crippen molar-refractivity contribution in [2.45, 2.75) is 33.1 Å². The van der Waals surface area contributed by atoms with Crippen LogP contribution in [-0.4, -0.2) is 13.1 Å². The van der Waals surface area contributed by atoms with Crippen molar-refractivity contribution in [3.05, 3.63) is 40.5 Å². The van der Waals surface area contributed by atoms with Gasteiger partial charge in [-0.25, -0.2) is 4.79 Å². The predicted octanol–water partition coefficient (Wildman–Crippen LogP) is 3.28. The number of fused-ring (bicyclic) bond motifs is 1. The van der Waals surface area contributed by atoms with Crippen LogP contribution in [0.1, 0.15) is 36.5 Å². The molecule has 1 aromatic rings. The minimum Gasteiger partial charge on any atom is -0.466 e. The first kappa shape index (κ1) is 11.9. The lowest BCUT2D eigenvalue weighted by Gasteiger charge is -2.11. The van der Waals surface area contributed by atoms with Crippen LogP contribution in [0, 0.1) is 6.92 Å². The van der Waals surface area contributed by atoms with Gasteiger partial charge in [0.1, 0.15) is 0 Å². The third-order valence-corrected chi connectivity index (χ3v) is 3.55. The fraction of sp³-hybridized carbons (Fsp3) is 0.400. The van der Waals surface area contributed by atoms with Crippen molar-refractivity contribution in [1.82, 2.24) is 0 Å². The van der Waals surface area contributed by atoms with E-state index in [4.69, 9.17) is 4.74 Å². The number of esters is 1. The Hall–Kier alpha value is -1.57. The van der Waals surface area contributed by atoms with E-state index < -0.39 is 0 Å². The van der Waals surface area contributed by atoms with E-state index in [0.717, 1.165) is 30.4 Å². The Labute approximate surface area is 102 Å². The standard InChI is InChI=1S/C15H18O2/c1-10-6-4-8-13-11(2)14(15(16)17-3)9-5-7-12(10)13/h4,6,8H,5,7,9H2,1-3H3. The molecule has 0 heterocycles. The predicted molar refractivity (Wildman–Crippen MR) is 68.7 cm³/mol. The normalized spacial score (nSPS) is 15.2. The molecule has 1 aliphatic rings. The van der Waals surface area contributed by atoms with Gasteiger partial charge in [-0.3, -0.25) is 0 Å². The number of aryl methyl sites for hydroxylation is 1. The molecule has 0 bridgehead atoms. The van der Waals surface area contributed by atoms with Crippen molar-refractivity contribution < 1.29 is 9.53 Å². The summed E-state index contributed by atoms with van der Waals surface area (Å²) in [6.07, 6.45) is 2.87. The molecule has 0 spiro atoms. The zero-order chi connectivity index (χ0) is 12.4. The van der Waals surface area contributed by atoms with E-state index in [2.05, 4.69) is 25.1 Å². The molecule has 0 atom stereocenters. The molecule has 2 heteroatoms. The third-order valence-electron chi connectivity index (χ3n) is 3.55. The van der Waals surface area contributed by atoms with E-state index in [1.54, 1.807) is 0 Å². The van der Waals surface area contributed by atoms with Gasteiger partial charge in [0.2, 0.25) is 0 Å². The summed E-state index contributed by atoms with van der Waals surface area (Å²) >= 11 is 0. The maximum absolute atomic E-state index is 11.7. The van der Waals surface area contributed by atoms with Crippen molar-refractivity contribution in [2.75, 3.05) is 7.11 Å². The van der Waals surface area contributed by atoms with Gasteiger partial charge in [0.25, 0.3) is 0 Å². The largest absolute Gasteiger partial charge is 0.466 e. The molecule has 0 fully saturated rings. The minimum absolute atomic E-state index is 0.183. The van der Waals surface area contributed by atoms with E-state index in [1.165, 1.54) is 23.8 Å². The van der Waals surface area contributed by atoms with Crippen LogP contribution >= 0.6 is 0 Å². The van der Waals surface area contributed by atoms with Gasteiger partial charge in [-0.15, -0.1) is 0 Å². The molecule has 0 aromatic heterocycles. The van der Waals surface area contributed by atoms with Crippen LogP contribution in [0.5, 0.6) is 0 Å². The number of hydrogen-bond donors (Lipinski definition) is 0. The molecule has 90 valence electrons. The van der Waals surface area contributed by atoms with E-state index in [9.17, 15) is 4.79 Å². The number of allylic oxidation sites excluding steroid dienone is 1. The summed E-state index contributed by atoms with van der Waals surface area (Å²) in [5, 5.41) is 0. The number of carbonyl (C=O) groups excluding carboxylic acids is 1. The van der Waals surface area contributed by atoms with E-state index >= 15 is 0 Å². The smallest absolute Gasteiger partial charge is 0.334 e. The molecule has 0 amide bonds. The zero-order valence-corrected chi connectivity index (χ0v) is 10.7. The second-order valence-corrected chi connectivity index (χ2v) is 4.55. The van der Waals surface area contributed by atoms with Crippen LogP contribution in [0.15, 0.2) is 23.8 Å². The molecule has 17 heavy (non-hydrogen) atoms.